The number of carbonyl (C=O) groups is 1. The maximum atomic E-state index is 12.1. The SMILES string of the molecule is [C-]#[N+]C1(c2ccc(N3C[C@H](CNc4ncon4)OC3=O)cc2)CC1. The van der Waals surface area contributed by atoms with Crippen molar-refractivity contribution >= 4 is 17.7 Å². The number of hydrogen-bond donors (Lipinski definition) is 1. The Morgan fingerprint density at radius 2 is 2.17 bits per heavy atom. The normalized spacial score (nSPS) is 21.2. The molecule has 4 rings (SSSR count). The van der Waals surface area contributed by atoms with Gasteiger partial charge in [-0.3, -0.25) is 4.90 Å². The van der Waals surface area contributed by atoms with Gasteiger partial charge in [0, 0.05) is 24.1 Å². The van der Waals surface area contributed by atoms with Crippen LogP contribution in [0.15, 0.2) is 35.2 Å². The van der Waals surface area contributed by atoms with E-state index in [-0.39, 0.29) is 17.7 Å². The second-order valence-electron chi connectivity index (χ2n) is 5.94. The van der Waals surface area contributed by atoms with E-state index in [1.165, 1.54) is 6.39 Å². The van der Waals surface area contributed by atoms with Crippen LogP contribution in [0.3, 0.4) is 0 Å². The van der Waals surface area contributed by atoms with Crippen LogP contribution in [0.5, 0.6) is 0 Å². The summed E-state index contributed by atoms with van der Waals surface area (Å²) in [5, 5.41) is 6.60. The van der Waals surface area contributed by atoms with Gasteiger partial charge in [-0.2, -0.15) is 4.98 Å². The first-order chi connectivity index (χ1) is 11.7. The molecule has 1 saturated carbocycles. The Balaban J connectivity index is 1.41. The number of anilines is 2. The molecule has 1 atom stereocenters. The number of nitrogens with zero attached hydrogens (tertiary/aromatic N) is 4. The molecule has 2 fully saturated rings. The van der Waals surface area contributed by atoms with Crippen LogP contribution in [0.4, 0.5) is 16.4 Å². The standard InChI is InChI=1S/C16H15N5O3/c1-17-16(6-7-16)11-2-4-12(5-3-11)21-9-13(24-15(21)22)8-18-14-19-10-23-20-14/h2-5,10,13H,6-9H2,(H,18,20)/t13-/m0/s1. The zero-order chi connectivity index (χ0) is 16.6. The van der Waals surface area contributed by atoms with Crippen LogP contribution in [-0.2, 0) is 10.3 Å². The lowest BCUT2D eigenvalue weighted by molar-refractivity contribution is 0.147. The Morgan fingerprint density at radius 3 is 2.79 bits per heavy atom. The fourth-order valence-corrected chi connectivity index (χ4v) is 2.83. The molecule has 2 aliphatic rings. The summed E-state index contributed by atoms with van der Waals surface area (Å²) >= 11 is 0. The Hall–Kier alpha value is -3.08. The van der Waals surface area contributed by atoms with E-state index in [0.717, 1.165) is 24.1 Å². The van der Waals surface area contributed by atoms with Crippen LogP contribution >= 0.6 is 0 Å². The first-order valence-corrected chi connectivity index (χ1v) is 7.68. The van der Waals surface area contributed by atoms with E-state index in [1.54, 1.807) is 4.90 Å². The molecule has 1 aliphatic carbocycles. The van der Waals surface area contributed by atoms with E-state index in [2.05, 4.69) is 24.8 Å². The average molecular weight is 325 g/mol. The Labute approximate surface area is 138 Å². The third-order valence-electron chi connectivity index (χ3n) is 4.38. The Morgan fingerprint density at radius 1 is 1.38 bits per heavy atom. The number of amides is 1. The van der Waals surface area contributed by atoms with Crippen molar-refractivity contribution in [3.8, 4) is 0 Å². The van der Waals surface area contributed by atoms with Crippen LogP contribution in [0, 0.1) is 6.57 Å². The zero-order valence-corrected chi connectivity index (χ0v) is 12.8. The van der Waals surface area contributed by atoms with Gasteiger partial charge in [0.15, 0.2) is 0 Å². The lowest BCUT2D eigenvalue weighted by atomic mass is 10.1. The lowest BCUT2D eigenvalue weighted by Gasteiger charge is -2.14. The minimum Gasteiger partial charge on any atom is -0.442 e. The van der Waals surface area contributed by atoms with Gasteiger partial charge in [0.25, 0.3) is 11.5 Å². The van der Waals surface area contributed by atoms with Crippen molar-refractivity contribution in [2.75, 3.05) is 23.3 Å². The monoisotopic (exact) mass is 325 g/mol. The van der Waals surface area contributed by atoms with Gasteiger partial charge >= 0.3 is 6.09 Å². The predicted octanol–water partition coefficient (Wildman–Crippen LogP) is 2.42. The summed E-state index contributed by atoms with van der Waals surface area (Å²) in [5.41, 5.74) is 1.46. The van der Waals surface area contributed by atoms with Crippen molar-refractivity contribution in [1.29, 1.82) is 0 Å². The molecule has 1 aromatic carbocycles. The number of aromatic nitrogens is 2. The topological polar surface area (TPSA) is 84.8 Å². The second kappa shape index (κ2) is 5.53. The fraction of sp³-hybridized carbons (Fsp3) is 0.375. The molecule has 0 radical (unpaired) electrons. The van der Waals surface area contributed by atoms with E-state index in [0.29, 0.717) is 19.0 Å². The highest BCUT2D eigenvalue weighted by Gasteiger charge is 2.52. The molecule has 2 heterocycles. The molecule has 0 spiro atoms. The second-order valence-corrected chi connectivity index (χ2v) is 5.94. The minimum atomic E-state index is -0.381. The predicted molar refractivity (Wildman–Crippen MR) is 84.4 cm³/mol. The maximum Gasteiger partial charge on any atom is 0.414 e. The molecule has 1 aliphatic heterocycles. The molecule has 1 saturated heterocycles. The molecule has 0 unspecified atom stereocenters. The van der Waals surface area contributed by atoms with Gasteiger partial charge in [-0.25, -0.2) is 11.4 Å². The maximum absolute atomic E-state index is 12.1. The summed E-state index contributed by atoms with van der Waals surface area (Å²) in [7, 11) is 0. The Bertz CT molecular complexity index is 777. The van der Waals surface area contributed by atoms with Crippen LogP contribution in [-0.4, -0.2) is 35.4 Å². The first kappa shape index (κ1) is 14.5. The highest BCUT2D eigenvalue weighted by atomic mass is 16.6. The summed E-state index contributed by atoms with van der Waals surface area (Å²) in [5.74, 6) is 0.364. The molecule has 122 valence electrons. The zero-order valence-electron chi connectivity index (χ0n) is 12.8. The highest BCUT2D eigenvalue weighted by Crippen LogP contribution is 2.49. The number of carbonyl (C=O) groups excluding carboxylic acids is 1. The van der Waals surface area contributed by atoms with Crippen LogP contribution in [0.1, 0.15) is 18.4 Å². The number of rotatable bonds is 5. The Kier molecular flexibility index (Phi) is 3.34. The molecule has 0 bridgehead atoms. The molecular formula is C16H15N5O3. The van der Waals surface area contributed by atoms with Gasteiger partial charge in [-0.1, -0.05) is 0 Å². The number of cyclic esters (lactones) is 1. The average Bonchev–Trinajstić information content (AvgIpc) is 3.06. The number of benzene rings is 1. The molecule has 8 nitrogen and oxygen atoms in total. The first-order valence-electron chi connectivity index (χ1n) is 7.68. The fourth-order valence-electron chi connectivity index (χ4n) is 2.83. The van der Waals surface area contributed by atoms with Crippen molar-refractivity contribution < 1.29 is 14.1 Å². The van der Waals surface area contributed by atoms with Gasteiger partial charge in [-0.15, -0.1) is 0 Å². The smallest absolute Gasteiger partial charge is 0.414 e. The third-order valence-corrected chi connectivity index (χ3v) is 4.38. The largest absolute Gasteiger partial charge is 0.442 e. The van der Waals surface area contributed by atoms with E-state index in [1.807, 2.05) is 24.3 Å². The minimum absolute atomic E-state index is 0.298. The van der Waals surface area contributed by atoms with Gasteiger partial charge < -0.3 is 19.4 Å². The molecule has 8 heteroatoms. The van der Waals surface area contributed by atoms with Crippen molar-refractivity contribution in [3.05, 3.63) is 47.6 Å². The summed E-state index contributed by atoms with van der Waals surface area (Å²) in [6.07, 6.45) is 2.37. The van der Waals surface area contributed by atoms with E-state index in [9.17, 15) is 4.79 Å². The molecule has 1 aromatic heterocycles. The molecule has 1 N–H and O–H groups in total. The van der Waals surface area contributed by atoms with E-state index >= 15 is 0 Å². The third kappa shape index (κ3) is 2.54. The highest BCUT2D eigenvalue weighted by molar-refractivity contribution is 5.89. The summed E-state index contributed by atoms with van der Waals surface area (Å²) in [4.78, 5) is 21.2. The summed E-state index contributed by atoms with van der Waals surface area (Å²) < 4.78 is 9.98. The lowest BCUT2D eigenvalue weighted by Crippen LogP contribution is -2.27. The molecule has 2 aromatic rings. The van der Waals surface area contributed by atoms with Gasteiger partial charge in [0.1, 0.15) is 6.10 Å². The van der Waals surface area contributed by atoms with Crippen molar-refractivity contribution in [2.45, 2.75) is 24.5 Å². The van der Waals surface area contributed by atoms with Crippen LogP contribution in [0.2, 0.25) is 0 Å². The quantitative estimate of drug-likeness (QED) is 0.850. The summed E-state index contributed by atoms with van der Waals surface area (Å²) in [6, 6.07) is 7.60. The van der Waals surface area contributed by atoms with Crippen LogP contribution in [0.25, 0.3) is 4.85 Å². The van der Waals surface area contributed by atoms with E-state index in [4.69, 9.17) is 11.3 Å². The number of hydrogen-bond acceptors (Lipinski definition) is 6. The molecule has 24 heavy (non-hydrogen) atoms. The van der Waals surface area contributed by atoms with Crippen molar-refractivity contribution in [2.24, 2.45) is 0 Å². The molecule has 1 amide bonds. The van der Waals surface area contributed by atoms with Crippen molar-refractivity contribution in [3.63, 3.8) is 0 Å². The molecular weight excluding hydrogens is 310 g/mol. The van der Waals surface area contributed by atoms with E-state index < -0.39 is 0 Å². The van der Waals surface area contributed by atoms with Gasteiger partial charge in [0.2, 0.25) is 6.39 Å². The summed E-state index contributed by atoms with van der Waals surface area (Å²) in [6.45, 7) is 8.15. The number of ether oxygens (including phenoxy) is 1. The number of nitrogens with one attached hydrogen (secondary N) is 1. The van der Waals surface area contributed by atoms with Crippen LogP contribution < -0.4 is 10.2 Å². The van der Waals surface area contributed by atoms with Crippen molar-refractivity contribution in [1.82, 2.24) is 10.1 Å². The van der Waals surface area contributed by atoms with Gasteiger partial charge in [-0.05, 0) is 29.4 Å². The van der Waals surface area contributed by atoms with Gasteiger partial charge in [0.05, 0.1) is 13.1 Å².